The van der Waals surface area contributed by atoms with Crippen molar-refractivity contribution in [1.82, 2.24) is 15.5 Å². The number of H-pyrrole nitrogens is 1. The molecule has 0 aliphatic heterocycles. The minimum absolute atomic E-state index is 0.229. The van der Waals surface area contributed by atoms with Crippen molar-refractivity contribution in [3.8, 4) is 10.6 Å². The number of nitrogens with zero attached hydrogens (tertiary/aromatic N) is 1. The summed E-state index contributed by atoms with van der Waals surface area (Å²) in [4.78, 5) is 1.22. The molecule has 0 bridgehead atoms. The molecule has 0 fully saturated rings. The monoisotopic (exact) mass is 251 g/mol. The smallest absolute Gasteiger partial charge is 0.0794 e. The van der Waals surface area contributed by atoms with E-state index in [1.807, 2.05) is 19.2 Å². The lowest BCUT2D eigenvalue weighted by Gasteiger charge is -2.10. The van der Waals surface area contributed by atoms with Crippen LogP contribution in [0.3, 0.4) is 0 Å². The number of rotatable bonds is 6. The number of nitrogens with one attached hydrogen (secondary N) is 2. The van der Waals surface area contributed by atoms with Gasteiger partial charge in [0.15, 0.2) is 0 Å². The molecule has 2 heterocycles. The van der Waals surface area contributed by atoms with Gasteiger partial charge >= 0.3 is 0 Å². The highest BCUT2D eigenvalue weighted by Gasteiger charge is 2.08. The summed E-state index contributed by atoms with van der Waals surface area (Å²) in [6, 6.07) is 4.14. The maximum absolute atomic E-state index is 5.19. The number of aromatic nitrogens is 2. The first-order valence-electron chi connectivity index (χ1n) is 5.61. The summed E-state index contributed by atoms with van der Waals surface area (Å²) in [7, 11) is 1.72. The molecule has 0 amide bonds. The van der Waals surface area contributed by atoms with E-state index in [1.165, 1.54) is 10.4 Å². The van der Waals surface area contributed by atoms with Crippen molar-refractivity contribution in [1.29, 1.82) is 0 Å². The molecule has 2 aromatic heterocycles. The van der Waals surface area contributed by atoms with Gasteiger partial charge in [-0.1, -0.05) is 6.07 Å². The van der Waals surface area contributed by atoms with E-state index in [0.717, 1.165) is 18.8 Å². The normalized spacial score (nSPS) is 12.8. The highest BCUT2D eigenvalue weighted by atomic mass is 32.1. The Labute approximate surface area is 105 Å². The zero-order chi connectivity index (χ0) is 12.1. The van der Waals surface area contributed by atoms with Crippen molar-refractivity contribution < 1.29 is 4.74 Å². The Morgan fingerprint density at radius 3 is 3.18 bits per heavy atom. The average molecular weight is 251 g/mol. The Bertz CT molecular complexity index is 438. The van der Waals surface area contributed by atoms with E-state index >= 15 is 0 Å². The fourth-order valence-corrected chi connectivity index (χ4v) is 2.33. The van der Waals surface area contributed by atoms with Gasteiger partial charge in [0.1, 0.15) is 0 Å². The highest BCUT2D eigenvalue weighted by Crippen LogP contribution is 2.25. The molecule has 1 unspecified atom stereocenters. The van der Waals surface area contributed by atoms with Gasteiger partial charge in [-0.15, -0.1) is 11.3 Å². The number of aromatic amines is 1. The van der Waals surface area contributed by atoms with Crippen molar-refractivity contribution in [3.05, 3.63) is 29.3 Å². The number of hydrogen-bond donors (Lipinski definition) is 2. The van der Waals surface area contributed by atoms with Crippen molar-refractivity contribution >= 4 is 11.3 Å². The van der Waals surface area contributed by atoms with Crippen LogP contribution in [-0.2, 0) is 11.3 Å². The molecular formula is C12H17N3OS. The van der Waals surface area contributed by atoms with Gasteiger partial charge in [0.2, 0.25) is 0 Å². The van der Waals surface area contributed by atoms with Crippen LogP contribution in [0.15, 0.2) is 23.7 Å². The molecule has 2 aromatic rings. The summed E-state index contributed by atoms with van der Waals surface area (Å²) in [5.74, 6) is 0. The quantitative estimate of drug-likeness (QED) is 0.828. The molecule has 2 rings (SSSR count). The van der Waals surface area contributed by atoms with Crippen LogP contribution in [0.5, 0.6) is 0 Å². The van der Waals surface area contributed by atoms with E-state index in [0.29, 0.717) is 0 Å². The zero-order valence-corrected chi connectivity index (χ0v) is 10.9. The largest absolute Gasteiger partial charge is 0.380 e. The summed E-state index contributed by atoms with van der Waals surface area (Å²) < 4.78 is 5.19. The molecule has 92 valence electrons. The van der Waals surface area contributed by atoms with Gasteiger partial charge < -0.3 is 10.1 Å². The third kappa shape index (κ3) is 3.15. The number of thiophene rings is 1. The van der Waals surface area contributed by atoms with Gasteiger partial charge in [-0.3, -0.25) is 5.10 Å². The second-order valence-electron chi connectivity index (χ2n) is 3.92. The zero-order valence-electron chi connectivity index (χ0n) is 10.1. The Morgan fingerprint density at radius 1 is 1.59 bits per heavy atom. The van der Waals surface area contributed by atoms with Crippen LogP contribution < -0.4 is 5.32 Å². The van der Waals surface area contributed by atoms with Crippen LogP contribution in [0, 0.1) is 0 Å². The van der Waals surface area contributed by atoms with Gasteiger partial charge in [-0.25, -0.2) is 0 Å². The number of methoxy groups -OCH3 is 1. The van der Waals surface area contributed by atoms with Crippen LogP contribution in [0.2, 0.25) is 0 Å². The molecule has 17 heavy (non-hydrogen) atoms. The van der Waals surface area contributed by atoms with E-state index in [9.17, 15) is 0 Å². The van der Waals surface area contributed by atoms with Gasteiger partial charge in [0, 0.05) is 25.8 Å². The SMILES string of the molecule is COC(C)CNCc1cn[nH]c1-c1cccs1. The summed E-state index contributed by atoms with van der Waals surface area (Å²) in [5.41, 5.74) is 2.30. The lowest BCUT2D eigenvalue weighted by atomic mass is 10.2. The predicted molar refractivity (Wildman–Crippen MR) is 70.1 cm³/mol. The Kier molecular flexibility index (Phi) is 4.30. The molecule has 0 spiro atoms. The van der Waals surface area contributed by atoms with Gasteiger partial charge in [-0.2, -0.15) is 5.10 Å². The molecule has 5 heteroatoms. The first-order chi connectivity index (χ1) is 8.31. The van der Waals surface area contributed by atoms with Crippen molar-refractivity contribution in [3.63, 3.8) is 0 Å². The number of hydrogen-bond acceptors (Lipinski definition) is 4. The van der Waals surface area contributed by atoms with Gasteiger partial charge in [0.25, 0.3) is 0 Å². The summed E-state index contributed by atoms with van der Waals surface area (Å²) in [6.07, 6.45) is 2.10. The van der Waals surface area contributed by atoms with E-state index < -0.39 is 0 Å². The molecule has 2 N–H and O–H groups in total. The molecule has 0 aliphatic rings. The van der Waals surface area contributed by atoms with Gasteiger partial charge in [-0.05, 0) is 18.4 Å². The predicted octanol–water partition coefficient (Wildman–Crippen LogP) is 2.26. The molecule has 0 saturated carbocycles. The van der Waals surface area contributed by atoms with Crippen molar-refractivity contribution in [2.24, 2.45) is 0 Å². The Hall–Kier alpha value is -1.17. The maximum atomic E-state index is 5.19. The summed E-state index contributed by atoms with van der Waals surface area (Å²) >= 11 is 1.72. The lowest BCUT2D eigenvalue weighted by Crippen LogP contribution is -2.25. The second-order valence-corrected chi connectivity index (χ2v) is 4.87. The highest BCUT2D eigenvalue weighted by molar-refractivity contribution is 7.13. The Morgan fingerprint density at radius 2 is 2.47 bits per heavy atom. The van der Waals surface area contributed by atoms with Crippen molar-refractivity contribution in [2.45, 2.75) is 19.6 Å². The molecule has 0 saturated heterocycles. The van der Waals surface area contributed by atoms with E-state index in [2.05, 4.69) is 27.0 Å². The molecule has 4 nitrogen and oxygen atoms in total. The molecule has 0 aromatic carbocycles. The number of ether oxygens (including phenoxy) is 1. The standard InChI is InChI=1S/C12H17N3OS/c1-9(16-2)6-13-7-10-8-14-15-12(10)11-4-3-5-17-11/h3-5,8-9,13H,6-7H2,1-2H3,(H,14,15). The lowest BCUT2D eigenvalue weighted by molar-refractivity contribution is 0.117. The van der Waals surface area contributed by atoms with Crippen molar-refractivity contribution in [2.75, 3.05) is 13.7 Å². The first-order valence-corrected chi connectivity index (χ1v) is 6.49. The second kappa shape index (κ2) is 5.95. The summed E-state index contributed by atoms with van der Waals surface area (Å²) in [6.45, 7) is 3.69. The van der Waals surface area contributed by atoms with E-state index in [-0.39, 0.29) is 6.10 Å². The van der Waals surface area contributed by atoms with E-state index in [4.69, 9.17) is 4.74 Å². The topological polar surface area (TPSA) is 49.9 Å². The third-order valence-corrected chi connectivity index (χ3v) is 3.52. The van der Waals surface area contributed by atoms with Crippen LogP contribution in [0.4, 0.5) is 0 Å². The average Bonchev–Trinajstić information content (AvgIpc) is 2.98. The minimum atomic E-state index is 0.229. The third-order valence-electron chi connectivity index (χ3n) is 2.64. The fourth-order valence-electron chi connectivity index (χ4n) is 1.57. The summed E-state index contributed by atoms with van der Waals surface area (Å²) in [5, 5.41) is 12.6. The first kappa shape index (κ1) is 12.3. The fraction of sp³-hybridized carbons (Fsp3) is 0.417. The van der Waals surface area contributed by atoms with Crippen LogP contribution in [0.1, 0.15) is 12.5 Å². The molecular weight excluding hydrogens is 234 g/mol. The van der Waals surface area contributed by atoms with Crippen LogP contribution >= 0.6 is 11.3 Å². The van der Waals surface area contributed by atoms with Crippen LogP contribution in [-0.4, -0.2) is 30.0 Å². The Balaban J connectivity index is 1.96. The van der Waals surface area contributed by atoms with E-state index in [1.54, 1.807) is 18.4 Å². The molecule has 0 aliphatic carbocycles. The maximum Gasteiger partial charge on any atom is 0.0794 e. The molecule has 1 atom stereocenters. The van der Waals surface area contributed by atoms with Crippen LogP contribution in [0.25, 0.3) is 10.6 Å². The molecule has 0 radical (unpaired) electrons. The minimum Gasteiger partial charge on any atom is -0.380 e. The van der Waals surface area contributed by atoms with Gasteiger partial charge in [0.05, 0.1) is 22.9 Å².